The van der Waals surface area contributed by atoms with Crippen LogP contribution in [0.25, 0.3) is 0 Å². The molecular weight excluding hydrogens is 223 g/mol. The van der Waals surface area contributed by atoms with E-state index in [1.807, 2.05) is 0 Å². The molecule has 0 heterocycles. The SMILES string of the molecule is CC1CC1P(c1ccccc1)c1ccccc1. The molecule has 1 saturated carbocycles. The Morgan fingerprint density at radius 3 is 1.59 bits per heavy atom. The minimum Gasteiger partial charge on any atom is -0.0622 e. The second-order valence-corrected chi connectivity index (χ2v) is 7.26. The third-order valence-corrected chi connectivity index (χ3v) is 6.56. The minimum atomic E-state index is -0.138. The van der Waals surface area contributed by atoms with E-state index in [0.717, 1.165) is 11.6 Å². The fraction of sp³-hybridized carbons (Fsp3) is 0.250. The Balaban J connectivity index is 1.99. The summed E-state index contributed by atoms with van der Waals surface area (Å²) in [5.74, 6) is 0.904. The van der Waals surface area contributed by atoms with Crippen LogP contribution in [0.4, 0.5) is 0 Å². The van der Waals surface area contributed by atoms with Crippen LogP contribution in [0.5, 0.6) is 0 Å². The highest BCUT2D eigenvalue weighted by molar-refractivity contribution is 7.73. The molecule has 0 nitrogen and oxygen atoms in total. The molecule has 17 heavy (non-hydrogen) atoms. The summed E-state index contributed by atoms with van der Waals surface area (Å²) in [6.45, 7) is 2.38. The molecule has 1 aliphatic carbocycles. The third kappa shape index (κ3) is 2.28. The first-order valence-electron chi connectivity index (χ1n) is 6.25. The number of hydrogen-bond acceptors (Lipinski definition) is 0. The van der Waals surface area contributed by atoms with E-state index in [1.54, 1.807) is 0 Å². The second kappa shape index (κ2) is 4.63. The van der Waals surface area contributed by atoms with Crippen LogP contribution in [0.15, 0.2) is 60.7 Å². The van der Waals surface area contributed by atoms with Crippen LogP contribution in [0.1, 0.15) is 13.3 Å². The molecule has 0 N–H and O–H groups in total. The number of hydrogen-bond donors (Lipinski definition) is 0. The van der Waals surface area contributed by atoms with Gasteiger partial charge in [-0.2, -0.15) is 0 Å². The first kappa shape index (κ1) is 11.0. The summed E-state index contributed by atoms with van der Waals surface area (Å²) in [5, 5.41) is 3.06. The van der Waals surface area contributed by atoms with E-state index in [9.17, 15) is 0 Å². The molecule has 0 aliphatic heterocycles. The lowest BCUT2D eigenvalue weighted by atomic mass is 10.4. The molecule has 0 radical (unpaired) electrons. The molecular formula is C16H17P. The molecule has 1 aliphatic rings. The quantitative estimate of drug-likeness (QED) is 0.720. The lowest BCUT2D eigenvalue weighted by Crippen LogP contribution is -2.14. The fourth-order valence-corrected chi connectivity index (χ4v) is 5.47. The maximum atomic E-state index is 2.38. The van der Waals surface area contributed by atoms with Crippen LogP contribution in [-0.2, 0) is 0 Å². The van der Waals surface area contributed by atoms with Crippen molar-refractivity contribution in [2.75, 3.05) is 0 Å². The molecule has 3 rings (SSSR count). The molecule has 1 heteroatoms. The number of benzene rings is 2. The smallest absolute Gasteiger partial charge is 0.0100 e. The Hall–Kier alpha value is -1.13. The van der Waals surface area contributed by atoms with Gasteiger partial charge in [0.1, 0.15) is 0 Å². The highest BCUT2D eigenvalue weighted by atomic mass is 31.1. The van der Waals surface area contributed by atoms with Gasteiger partial charge in [-0.25, -0.2) is 0 Å². The van der Waals surface area contributed by atoms with Crippen molar-refractivity contribution < 1.29 is 0 Å². The maximum Gasteiger partial charge on any atom is -0.0100 e. The molecule has 0 amide bonds. The van der Waals surface area contributed by atoms with Gasteiger partial charge in [0.2, 0.25) is 0 Å². The van der Waals surface area contributed by atoms with Crippen molar-refractivity contribution in [1.29, 1.82) is 0 Å². The lowest BCUT2D eigenvalue weighted by molar-refractivity contribution is 0.985. The van der Waals surface area contributed by atoms with Gasteiger partial charge in [-0.1, -0.05) is 67.6 Å². The molecule has 2 atom stereocenters. The molecule has 0 bridgehead atoms. The summed E-state index contributed by atoms with van der Waals surface area (Å²) < 4.78 is 0. The zero-order chi connectivity index (χ0) is 11.7. The second-order valence-electron chi connectivity index (χ2n) is 4.82. The molecule has 0 aromatic heterocycles. The van der Waals surface area contributed by atoms with Gasteiger partial charge in [0.25, 0.3) is 0 Å². The Morgan fingerprint density at radius 1 is 0.824 bits per heavy atom. The molecule has 1 fully saturated rings. The predicted molar refractivity (Wildman–Crippen MR) is 76.6 cm³/mol. The number of rotatable bonds is 3. The first-order valence-corrected chi connectivity index (χ1v) is 7.66. The van der Waals surface area contributed by atoms with Crippen LogP contribution < -0.4 is 10.6 Å². The fourth-order valence-electron chi connectivity index (χ4n) is 2.37. The van der Waals surface area contributed by atoms with E-state index in [-0.39, 0.29) is 7.92 Å². The summed E-state index contributed by atoms with van der Waals surface area (Å²) in [6, 6.07) is 22.1. The van der Waals surface area contributed by atoms with E-state index in [4.69, 9.17) is 0 Å². The van der Waals surface area contributed by atoms with Gasteiger partial charge >= 0.3 is 0 Å². The normalized spacial score (nSPS) is 22.7. The van der Waals surface area contributed by atoms with Gasteiger partial charge in [-0.3, -0.25) is 0 Å². The van der Waals surface area contributed by atoms with E-state index in [0.29, 0.717) is 0 Å². The topological polar surface area (TPSA) is 0 Å². The zero-order valence-corrected chi connectivity index (χ0v) is 11.0. The predicted octanol–water partition coefficient (Wildman–Crippen LogP) is 3.53. The van der Waals surface area contributed by atoms with Crippen molar-refractivity contribution >= 4 is 18.5 Å². The maximum absolute atomic E-state index is 2.38. The van der Waals surface area contributed by atoms with Crippen molar-refractivity contribution in [3.63, 3.8) is 0 Å². The van der Waals surface area contributed by atoms with E-state index < -0.39 is 0 Å². The average molecular weight is 240 g/mol. The highest BCUT2D eigenvalue weighted by Gasteiger charge is 2.40. The Labute approximate surface area is 104 Å². The van der Waals surface area contributed by atoms with Crippen LogP contribution in [0.2, 0.25) is 0 Å². The van der Waals surface area contributed by atoms with E-state index in [1.165, 1.54) is 17.0 Å². The molecule has 2 unspecified atom stereocenters. The van der Waals surface area contributed by atoms with E-state index in [2.05, 4.69) is 67.6 Å². The third-order valence-electron chi connectivity index (χ3n) is 3.47. The largest absolute Gasteiger partial charge is 0.0622 e. The summed E-state index contributed by atoms with van der Waals surface area (Å²) in [6.07, 6.45) is 1.40. The van der Waals surface area contributed by atoms with Gasteiger partial charge in [0.15, 0.2) is 0 Å². The average Bonchev–Trinajstić information content (AvgIpc) is 3.09. The van der Waals surface area contributed by atoms with Crippen molar-refractivity contribution in [3.8, 4) is 0 Å². The molecule has 0 saturated heterocycles. The van der Waals surface area contributed by atoms with Crippen molar-refractivity contribution in [2.24, 2.45) is 5.92 Å². The Morgan fingerprint density at radius 2 is 1.24 bits per heavy atom. The Kier molecular flexibility index (Phi) is 2.99. The van der Waals surface area contributed by atoms with Crippen molar-refractivity contribution in [2.45, 2.75) is 19.0 Å². The van der Waals surface area contributed by atoms with Gasteiger partial charge < -0.3 is 0 Å². The van der Waals surface area contributed by atoms with E-state index >= 15 is 0 Å². The van der Waals surface area contributed by atoms with Crippen LogP contribution in [-0.4, -0.2) is 5.66 Å². The van der Waals surface area contributed by atoms with Crippen molar-refractivity contribution in [1.82, 2.24) is 0 Å². The summed E-state index contributed by atoms with van der Waals surface area (Å²) in [5.41, 5.74) is 0.898. The lowest BCUT2D eigenvalue weighted by Gasteiger charge is -2.18. The summed E-state index contributed by atoms with van der Waals surface area (Å²) >= 11 is 0. The first-order chi connectivity index (χ1) is 8.36. The minimum absolute atomic E-state index is 0.138. The zero-order valence-electron chi connectivity index (χ0n) is 10.1. The standard InChI is InChI=1S/C16H17P/c1-13-12-16(13)17(14-8-4-2-5-9-14)15-10-6-3-7-11-15/h2-11,13,16H,12H2,1H3. The van der Waals surface area contributed by atoms with Crippen LogP contribution in [0, 0.1) is 5.92 Å². The highest BCUT2D eigenvalue weighted by Crippen LogP contribution is 2.55. The molecule has 2 aromatic rings. The van der Waals surface area contributed by atoms with Gasteiger partial charge in [-0.05, 0) is 36.5 Å². The van der Waals surface area contributed by atoms with Crippen molar-refractivity contribution in [3.05, 3.63) is 60.7 Å². The van der Waals surface area contributed by atoms with Gasteiger partial charge in [-0.15, -0.1) is 0 Å². The molecule has 0 spiro atoms. The summed E-state index contributed by atoms with van der Waals surface area (Å²) in [7, 11) is -0.138. The summed E-state index contributed by atoms with van der Waals surface area (Å²) in [4.78, 5) is 0. The van der Waals surface area contributed by atoms with Gasteiger partial charge in [0, 0.05) is 0 Å². The van der Waals surface area contributed by atoms with Gasteiger partial charge in [0.05, 0.1) is 0 Å². The molecule has 86 valence electrons. The van der Waals surface area contributed by atoms with Crippen LogP contribution >= 0.6 is 7.92 Å². The van der Waals surface area contributed by atoms with Crippen LogP contribution in [0.3, 0.4) is 0 Å². The molecule has 2 aromatic carbocycles. The Bertz CT molecular complexity index is 438. The monoisotopic (exact) mass is 240 g/mol.